The number of rotatable bonds is 14. The van der Waals surface area contributed by atoms with Gasteiger partial charge in [-0.05, 0) is 81.9 Å². The summed E-state index contributed by atoms with van der Waals surface area (Å²) in [4.78, 5) is 24.7. The van der Waals surface area contributed by atoms with Crippen LogP contribution in [0.3, 0.4) is 0 Å². The summed E-state index contributed by atoms with van der Waals surface area (Å²) in [5, 5.41) is -1.33. The maximum Gasteiger partial charge on any atom is 0.185 e. The largest absolute Gasteiger partial charge is 0.290 e. The van der Waals surface area contributed by atoms with Gasteiger partial charge in [0.1, 0.15) is 23.2 Å². The molecule has 0 fully saturated rings. The third-order valence-electron chi connectivity index (χ3n) is 7.16. The lowest BCUT2D eigenvalue weighted by Crippen LogP contribution is -2.33. The molecular weight excluding hydrogens is 495 g/mol. The molecule has 0 N–H and O–H groups in total. The van der Waals surface area contributed by atoms with E-state index in [1.807, 2.05) is 0 Å². The Kier molecular flexibility index (Phi) is 5.54. The second kappa shape index (κ2) is 14.3. The second-order valence-electron chi connectivity index (χ2n) is 9.65. The molecule has 202 valence electrons. The Balaban J connectivity index is 1.72. The van der Waals surface area contributed by atoms with Crippen molar-refractivity contribution in [3.8, 4) is 0 Å². The van der Waals surface area contributed by atoms with Gasteiger partial charge in [0.15, 0.2) is 11.6 Å². The van der Waals surface area contributed by atoms with Crippen molar-refractivity contribution in [2.45, 2.75) is 71.6 Å². The van der Waals surface area contributed by atoms with Gasteiger partial charge in [-0.25, -0.2) is 0 Å². The third kappa shape index (κ3) is 7.11. The molecule has 0 aromatic heterocycles. The van der Waals surface area contributed by atoms with Gasteiger partial charge in [0.2, 0.25) is 0 Å². The fraction of sp³-hybridized carbons (Fsp3) is 0.333. The molecule has 0 saturated carbocycles. The molecule has 3 aromatic rings. The van der Waals surface area contributed by atoms with Gasteiger partial charge >= 0.3 is 0 Å². The Bertz CT molecular complexity index is 1850. The zero-order valence-electron chi connectivity index (χ0n) is 37.4. The van der Waals surface area contributed by atoms with Gasteiger partial charge < -0.3 is 0 Å². The van der Waals surface area contributed by atoms with E-state index in [9.17, 15) is 9.59 Å². The lowest BCUT2D eigenvalue weighted by atomic mass is 9.88. The van der Waals surface area contributed by atoms with Crippen LogP contribution in [0.25, 0.3) is 0 Å². The Labute approximate surface area is 256 Å². The van der Waals surface area contributed by atoms with Crippen LogP contribution >= 0.6 is 7.26 Å². The van der Waals surface area contributed by atoms with Gasteiger partial charge in [-0.3, -0.25) is 9.59 Å². The van der Waals surface area contributed by atoms with Crippen LogP contribution in [0.4, 0.5) is 0 Å². The first-order chi connectivity index (χ1) is 25.2. The molecule has 0 amide bonds. The molecule has 1 aliphatic carbocycles. The molecule has 0 spiro atoms. The van der Waals surface area contributed by atoms with E-state index >= 15 is 0 Å². The molecule has 0 unspecified atom stereocenters. The predicted molar refractivity (Wildman–Crippen MR) is 168 cm³/mol. The summed E-state index contributed by atoms with van der Waals surface area (Å²) in [6, 6.07) is -11.3. The zero-order chi connectivity index (χ0) is 40.6. The van der Waals surface area contributed by atoms with Crippen molar-refractivity contribution in [2.24, 2.45) is 0 Å². The van der Waals surface area contributed by atoms with Crippen molar-refractivity contribution in [3.05, 3.63) is 113 Å². The predicted octanol–water partition coefficient (Wildman–Crippen LogP) is 7.91. The van der Waals surface area contributed by atoms with Gasteiger partial charge in [0.25, 0.3) is 0 Å². The highest BCUT2D eigenvalue weighted by molar-refractivity contribution is 7.95. The second-order valence-corrected chi connectivity index (χ2v) is 13.1. The maximum atomic E-state index is 12.5. The number of unbranched alkanes of at least 4 members (excludes halogenated alkanes) is 7. The summed E-state index contributed by atoms with van der Waals surface area (Å²) in [6.07, 6.45) is 7.08. The minimum atomic E-state index is -4.26. The van der Waals surface area contributed by atoms with Gasteiger partial charge in [0, 0.05) is 16.7 Å². The Morgan fingerprint density at radius 3 is 1.44 bits per heavy atom. The van der Waals surface area contributed by atoms with Crippen molar-refractivity contribution < 1.29 is 30.2 Å². The highest BCUT2D eigenvalue weighted by atomic mass is 31.2. The van der Waals surface area contributed by atoms with E-state index < -0.39 is 114 Å². The standard InChI is InChI=1S/C36H42O2P/c1-29-30(2)36(38)31(28-35(29)37)20-12-7-5-3-4-6-8-19-27-39(32-21-13-9-14-22-32,33-23-15-10-16-24-33)34-25-17-11-18-26-34/h9-11,13-18,21-26,28H,3-8,12,19-20,27H2,1-2H3/q+1/i9D,10D,11D,13D,14D,15D,16D,17D,18D,21D,22D,23D,24D,25D,26D. The lowest BCUT2D eigenvalue weighted by Gasteiger charge is -2.27. The number of ketones is 2. The molecule has 2 nitrogen and oxygen atoms in total. The van der Waals surface area contributed by atoms with Crippen molar-refractivity contribution in [1.82, 2.24) is 0 Å². The average Bonchev–Trinajstić information content (AvgIpc) is 3.14. The van der Waals surface area contributed by atoms with Gasteiger partial charge in [-0.2, -0.15) is 0 Å². The van der Waals surface area contributed by atoms with Crippen LogP contribution in [-0.4, -0.2) is 17.7 Å². The maximum absolute atomic E-state index is 12.5. The topological polar surface area (TPSA) is 34.1 Å². The van der Waals surface area contributed by atoms with Gasteiger partial charge in [-0.15, -0.1) is 0 Å². The van der Waals surface area contributed by atoms with E-state index in [1.165, 1.54) is 6.08 Å². The number of carbonyl (C=O) groups is 2. The molecule has 1 aliphatic rings. The summed E-state index contributed by atoms with van der Waals surface area (Å²) in [5.41, 5.74) is 1.47. The smallest absolute Gasteiger partial charge is 0.185 e. The first-order valence-electron chi connectivity index (χ1n) is 20.8. The van der Waals surface area contributed by atoms with E-state index in [-0.39, 0.29) is 24.1 Å². The van der Waals surface area contributed by atoms with Gasteiger partial charge in [-0.1, -0.05) is 86.5 Å². The van der Waals surface area contributed by atoms with Crippen LogP contribution in [0.5, 0.6) is 0 Å². The van der Waals surface area contributed by atoms with E-state index in [0.717, 1.165) is 32.1 Å². The summed E-state index contributed by atoms with van der Waals surface area (Å²) < 4.78 is 130. The number of hydrogen-bond acceptors (Lipinski definition) is 2. The zero-order valence-corrected chi connectivity index (χ0v) is 23.3. The van der Waals surface area contributed by atoms with Crippen LogP contribution in [0, 0.1) is 0 Å². The molecule has 3 aromatic carbocycles. The molecule has 0 aliphatic heterocycles. The van der Waals surface area contributed by atoms with Crippen LogP contribution in [0.15, 0.2) is 113 Å². The Morgan fingerprint density at radius 2 is 0.974 bits per heavy atom. The molecule has 0 saturated heterocycles. The monoisotopic (exact) mass is 552 g/mol. The molecule has 0 heterocycles. The highest BCUT2D eigenvalue weighted by Gasteiger charge is 2.44. The SMILES string of the molecule is [2H]c1c([2H])c([2H])c([P+](CCCCCCCCCCC2=CC(=O)C(C)=C(C)C2=O)(c2c([2H])c([2H])c([2H])c([2H])c2[2H])c2c([2H])c([2H])c([2H])c([2H])c2[2H])c([2H])c1[2H]. The van der Waals surface area contributed by atoms with Crippen LogP contribution < -0.4 is 15.9 Å². The van der Waals surface area contributed by atoms with Crippen LogP contribution in [-0.2, 0) is 9.59 Å². The minimum Gasteiger partial charge on any atom is -0.290 e. The number of hydrogen-bond donors (Lipinski definition) is 0. The minimum absolute atomic E-state index is 0.0955. The third-order valence-corrected chi connectivity index (χ3v) is 11.1. The summed E-state index contributed by atoms with van der Waals surface area (Å²) in [5.74, 6) is -0.236. The van der Waals surface area contributed by atoms with Crippen molar-refractivity contribution >= 4 is 34.7 Å². The molecule has 0 atom stereocenters. The fourth-order valence-corrected chi connectivity index (χ4v) is 8.33. The highest BCUT2D eigenvalue weighted by Crippen LogP contribution is 2.56. The van der Waals surface area contributed by atoms with Crippen LogP contribution in [0.1, 0.15) is 92.2 Å². The molecular formula is C36H42O2P+. The number of allylic oxidation sites excluding steroid dienone is 4. The number of Topliss-reactive ketones (excluding diaryl/α,β-unsaturated/α-hetero) is 1. The average molecular weight is 553 g/mol. The molecule has 4 rings (SSSR count). The van der Waals surface area contributed by atoms with E-state index in [1.54, 1.807) is 13.8 Å². The summed E-state index contributed by atoms with van der Waals surface area (Å²) >= 11 is 0. The molecule has 39 heavy (non-hydrogen) atoms. The summed E-state index contributed by atoms with van der Waals surface area (Å²) in [7, 11) is -4.26. The van der Waals surface area contributed by atoms with Crippen molar-refractivity contribution in [1.29, 1.82) is 0 Å². The molecule has 3 heteroatoms. The normalized spacial score (nSPS) is 19.4. The van der Waals surface area contributed by atoms with E-state index in [0.29, 0.717) is 36.0 Å². The van der Waals surface area contributed by atoms with E-state index in [4.69, 9.17) is 20.6 Å². The van der Waals surface area contributed by atoms with Gasteiger partial charge in [0.05, 0.1) is 26.7 Å². The molecule has 0 radical (unpaired) electrons. The van der Waals surface area contributed by atoms with Crippen LogP contribution in [0.2, 0.25) is 0 Å². The fourth-order valence-electron chi connectivity index (χ4n) is 4.81. The molecule has 0 bridgehead atoms. The number of carbonyl (C=O) groups excluding carboxylic acids is 2. The van der Waals surface area contributed by atoms with E-state index in [2.05, 4.69) is 0 Å². The Hall–Kier alpha value is -3.09. The quantitative estimate of drug-likeness (QED) is 0.116. The van der Waals surface area contributed by atoms with Crippen molar-refractivity contribution in [3.63, 3.8) is 0 Å². The number of benzene rings is 3. The lowest BCUT2D eigenvalue weighted by molar-refractivity contribution is -0.116. The van der Waals surface area contributed by atoms with Crippen molar-refractivity contribution in [2.75, 3.05) is 6.16 Å². The first-order valence-corrected chi connectivity index (χ1v) is 15.3. The summed E-state index contributed by atoms with van der Waals surface area (Å²) in [6.45, 7) is 3.30. The Morgan fingerprint density at radius 1 is 0.564 bits per heavy atom. The first kappa shape index (κ1) is 15.1.